The minimum atomic E-state index is -0.463. The van der Waals surface area contributed by atoms with Gasteiger partial charge in [-0.05, 0) is 31.9 Å². The van der Waals surface area contributed by atoms with Gasteiger partial charge in [-0.25, -0.2) is 9.37 Å². The van der Waals surface area contributed by atoms with Crippen molar-refractivity contribution in [2.24, 2.45) is 0 Å². The van der Waals surface area contributed by atoms with Crippen molar-refractivity contribution < 1.29 is 13.9 Å². The van der Waals surface area contributed by atoms with Gasteiger partial charge in [0.25, 0.3) is 5.91 Å². The number of ether oxygens (including phenoxy) is 1. The van der Waals surface area contributed by atoms with Crippen molar-refractivity contribution in [1.82, 2.24) is 25.1 Å². The Morgan fingerprint density at radius 3 is 2.89 bits per heavy atom. The third-order valence-electron chi connectivity index (χ3n) is 4.89. The van der Waals surface area contributed by atoms with E-state index in [1.807, 2.05) is 6.92 Å². The molecule has 28 heavy (non-hydrogen) atoms. The summed E-state index contributed by atoms with van der Waals surface area (Å²) in [5.74, 6) is -0.194. The topological polar surface area (TPSA) is 84.0 Å². The third kappa shape index (κ3) is 3.58. The summed E-state index contributed by atoms with van der Waals surface area (Å²) in [6, 6.07) is 6.18. The number of nitrogens with zero attached hydrogens (tertiary/aromatic N) is 4. The summed E-state index contributed by atoms with van der Waals surface area (Å²) in [4.78, 5) is 23.3. The van der Waals surface area contributed by atoms with Crippen molar-refractivity contribution >= 4 is 5.91 Å². The number of nitrogens with one attached hydrogen (secondary N) is 1. The Hall–Kier alpha value is -3.29. The van der Waals surface area contributed by atoms with Gasteiger partial charge >= 0.3 is 0 Å². The van der Waals surface area contributed by atoms with E-state index in [1.54, 1.807) is 35.5 Å². The Kier molecular flexibility index (Phi) is 5.01. The normalized spacial score (nSPS) is 16.8. The zero-order valence-electron chi connectivity index (χ0n) is 15.4. The number of halogens is 1. The highest BCUT2D eigenvalue weighted by Crippen LogP contribution is 2.33. The number of para-hydroxylation sites is 1. The standard InChI is InChI=1S/C20H20FN5O2/c1-13-15(11-24-25-13)20(27)26-10-4-5-14(12-26)18-19(23-9-8-22-18)28-17-7-3-2-6-16(17)21/h2-3,6-9,11,14H,4-5,10,12H2,1H3,(H,24,25). The largest absolute Gasteiger partial charge is 0.434 e. The molecule has 3 heterocycles. The lowest BCUT2D eigenvalue weighted by atomic mass is 9.94. The average molecular weight is 381 g/mol. The summed E-state index contributed by atoms with van der Waals surface area (Å²) in [6.45, 7) is 2.99. The molecule has 4 rings (SSSR count). The van der Waals surface area contributed by atoms with Gasteiger partial charge in [-0.2, -0.15) is 5.10 Å². The molecule has 1 fully saturated rings. The molecule has 1 unspecified atom stereocenters. The van der Waals surface area contributed by atoms with Gasteiger partial charge in [0.1, 0.15) is 5.69 Å². The van der Waals surface area contributed by atoms with Crippen LogP contribution in [0.15, 0.2) is 42.9 Å². The fraction of sp³-hybridized carbons (Fsp3) is 0.300. The quantitative estimate of drug-likeness (QED) is 0.748. The van der Waals surface area contributed by atoms with Crippen LogP contribution >= 0.6 is 0 Å². The molecule has 0 radical (unpaired) electrons. The van der Waals surface area contributed by atoms with Crippen molar-refractivity contribution in [2.75, 3.05) is 13.1 Å². The van der Waals surface area contributed by atoms with Gasteiger partial charge in [0.15, 0.2) is 11.6 Å². The number of H-pyrrole nitrogens is 1. The number of aromatic nitrogens is 4. The van der Waals surface area contributed by atoms with Gasteiger partial charge in [-0.15, -0.1) is 0 Å². The molecule has 7 nitrogen and oxygen atoms in total. The summed E-state index contributed by atoms with van der Waals surface area (Å²) in [7, 11) is 0. The molecule has 2 aromatic heterocycles. The lowest BCUT2D eigenvalue weighted by Gasteiger charge is -2.32. The predicted molar refractivity (Wildman–Crippen MR) is 99.7 cm³/mol. The van der Waals surface area contributed by atoms with E-state index < -0.39 is 5.82 Å². The highest BCUT2D eigenvalue weighted by atomic mass is 19.1. The molecule has 0 bridgehead atoms. The number of hydrogen-bond acceptors (Lipinski definition) is 5. The van der Waals surface area contributed by atoms with Crippen LogP contribution in [-0.2, 0) is 0 Å². The van der Waals surface area contributed by atoms with Crippen molar-refractivity contribution in [3.8, 4) is 11.6 Å². The highest BCUT2D eigenvalue weighted by Gasteiger charge is 2.30. The number of hydrogen-bond donors (Lipinski definition) is 1. The molecule has 0 aliphatic carbocycles. The maximum absolute atomic E-state index is 14.0. The van der Waals surface area contributed by atoms with Crippen LogP contribution in [0.2, 0.25) is 0 Å². The molecule has 1 atom stereocenters. The fourth-order valence-electron chi connectivity index (χ4n) is 3.45. The van der Waals surface area contributed by atoms with Crippen LogP contribution in [0.25, 0.3) is 0 Å². The summed E-state index contributed by atoms with van der Waals surface area (Å²) in [6.07, 6.45) is 6.34. The second-order valence-electron chi connectivity index (χ2n) is 6.78. The number of carbonyl (C=O) groups is 1. The number of amides is 1. The van der Waals surface area contributed by atoms with Crippen molar-refractivity contribution in [2.45, 2.75) is 25.7 Å². The van der Waals surface area contributed by atoms with Gasteiger partial charge in [0, 0.05) is 37.1 Å². The molecule has 0 spiro atoms. The Morgan fingerprint density at radius 1 is 1.29 bits per heavy atom. The number of likely N-dealkylation sites (tertiary alicyclic amines) is 1. The monoisotopic (exact) mass is 381 g/mol. The minimum Gasteiger partial charge on any atom is -0.434 e. The first-order chi connectivity index (χ1) is 13.6. The molecular weight excluding hydrogens is 361 g/mol. The Bertz CT molecular complexity index is 990. The van der Waals surface area contributed by atoms with Gasteiger partial charge in [-0.3, -0.25) is 14.9 Å². The zero-order chi connectivity index (χ0) is 19.5. The average Bonchev–Trinajstić information content (AvgIpc) is 3.15. The van der Waals surface area contributed by atoms with E-state index in [0.29, 0.717) is 24.3 Å². The van der Waals surface area contributed by atoms with E-state index >= 15 is 0 Å². The Balaban J connectivity index is 1.57. The summed E-state index contributed by atoms with van der Waals surface area (Å²) < 4.78 is 19.7. The first-order valence-electron chi connectivity index (χ1n) is 9.16. The third-order valence-corrected chi connectivity index (χ3v) is 4.89. The smallest absolute Gasteiger partial charge is 0.257 e. The van der Waals surface area contributed by atoms with Crippen molar-refractivity contribution in [3.05, 3.63) is 65.6 Å². The van der Waals surface area contributed by atoms with E-state index in [9.17, 15) is 9.18 Å². The molecule has 1 aliphatic rings. The number of carbonyl (C=O) groups excluding carboxylic acids is 1. The molecule has 3 aromatic rings. The van der Waals surface area contributed by atoms with E-state index in [-0.39, 0.29) is 23.5 Å². The molecule has 1 aromatic carbocycles. The predicted octanol–water partition coefficient (Wildman–Crippen LogP) is 3.46. The first kappa shape index (κ1) is 18.1. The second-order valence-corrected chi connectivity index (χ2v) is 6.78. The van der Waals surface area contributed by atoms with E-state index in [4.69, 9.17) is 4.74 Å². The number of benzene rings is 1. The molecular formula is C20H20FN5O2. The molecule has 1 amide bonds. The van der Waals surface area contributed by atoms with Crippen molar-refractivity contribution in [1.29, 1.82) is 0 Å². The maximum Gasteiger partial charge on any atom is 0.257 e. The number of piperidine rings is 1. The van der Waals surface area contributed by atoms with Gasteiger partial charge in [-0.1, -0.05) is 12.1 Å². The van der Waals surface area contributed by atoms with Crippen LogP contribution in [0.1, 0.15) is 40.5 Å². The Morgan fingerprint density at radius 2 is 2.11 bits per heavy atom. The first-order valence-corrected chi connectivity index (χ1v) is 9.16. The maximum atomic E-state index is 14.0. The summed E-state index contributed by atoms with van der Waals surface area (Å²) in [5.41, 5.74) is 1.95. The molecule has 0 saturated carbocycles. The molecule has 144 valence electrons. The lowest BCUT2D eigenvalue weighted by molar-refractivity contribution is 0.0704. The highest BCUT2D eigenvalue weighted by molar-refractivity contribution is 5.95. The molecule has 8 heteroatoms. The van der Waals surface area contributed by atoms with Gasteiger partial charge < -0.3 is 9.64 Å². The lowest BCUT2D eigenvalue weighted by Crippen LogP contribution is -2.39. The van der Waals surface area contributed by atoms with Crippen LogP contribution in [0.5, 0.6) is 11.6 Å². The number of aromatic amines is 1. The summed E-state index contributed by atoms with van der Waals surface area (Å²) >= 11 is 0. The van der Waals surface area contributed by atoms with Gasteiger partial charge in [0.2, 0.25) is 5.88 Å². The SMILES string of the molecule is Cc1[nH]ncc1C(=O)N1CCCC(c2nccnc2Oc2ccccc2F)C1. The number of aryl methyl sites for hydroxylation is 1. The van der Waals surface area contributed by atoms with E-state index in [1.165, 1.54) is 12.3 Å². The molecule has 1 aliphatic heterocycles. The number of rotatable bonds is 4. The fourth-order valence-corrected chi connectivity index (χ4v) is 3.45. The van der Waals surface area contributed by atoms with Crippen LogP contribution in [-0.4, -0.2) is 44.1 Å². The molecule has 1 saturated heterocycles. The van der Waals surface area contributed by atoms with Crippen LogP contribution < -0.4 is 4.74 Å². The molecule has 1 N–H and O–H groups in total. The van der Waals surface area contributed by atoms with E-state index in [2.05, 4.69) is 20.2 Å². The van der Waals surface area contributed by atoms with Crippen molar-refractivity contribution in [3.63, 3.8) is 0 Å². The van der Waals surface area contributed by atoms with Crippen LogP contribution in [0.4, 0.5) is 4.39 Å². The van der Waals surface area contributed by atoms with Gasteiger partial charge in [0.05, 0.1) is 11.8 Å². The van der Waals surface area contributed by atoms with Crippen LogP contribution in [0.3, 0.4) is 0 Å². The van der Waals surface area contributed by atoms with Crippen LogP contribution in [0, 0.1) is 12.7 Å². The Labute approximate surface area is 161 Å². The minimum absolute atomic E-state index is 0.0413. The zero-order valence-corrected chi connectivity index (χ0v) is 15.4. The van der Waals surface area contributed by atoms with E-state index in [0.717, 1.165) is 18.5 Å². The second kappa shape index (κ2) is 7.75. The summed E-state index contributed by atoms with van der Waals surface area (Å²) in [5, 5.41) is 6.73.